The molecule has 0 amide bonds. The monoisotopic (exact) mass is 337 g/mol. The average molecular weight is 337 g/mol. The van der Waals surface area contributed by atoms with Gasteiger partial charge in [-0.15, -0.1) is 11.3 Å². The maximum Gasteiger partial charge on any atom is 0.348 e. The predicted molar refractivity (Wildman–Crippen MR) is 75.9 cm³/mol. The first kappa shape index (κ1) is 17.4. The Morgan fingerprint density at radius 2 is 1.71 bits per heavy atom. The van der Waals surface area contributed by atoms with Crippen molar-refractivity contribution >= 4 is 38.4 Å². The Kier molecular flexibility index (Phi) is 5.70. The lowest BCUT2D eigenvalue weighted by Crippen LogP contribution is -2.14. The number of thiophene rings is 1. The summed E-state index contributed by atoms with van der Waals surface area (Å²) in [7, 11) is -4.47. The van der Waals surface area contributed by atoms with E-state index in [1.807, 2.05) is 0 Å². The van der Waals surface area contributed by atoms with Crippen molar-refractivity contribution in [1.82, 2.24) is 0 Å². The molecule has 0 atom stereocenters. The molecule has 0 aromatic carbocycles. The summed E-state index contributed by atoms with van der Waals surface area (Å²) >= 11 is 0.711. The molecule has 10 heteroatoms. The molecule has 0 aliphatic heterocycles. The Hall–Kier alpha value is -1.65. The van der Waals surface area contributed by atoms with Crippen LogP contribution in [0, 0.1) is 0 Å². The number of nitrogen functional groups attached to an aromatic ring is 1. The zero-order valence-corrected chi connectivity index (χ0v) is 13.0. The molecule has 0 aliphatic carbocycles. The maximum atomic E-state index is 11.8. The number of carbonyl (C=O) groups excluding carboxylic acids is 2. The van der Waals surface area contributed by atoms with Crippen LogP contribution in [-0.4, -0.2) is 38.1 Å². The topological polar surface area (TPSA) is 133 Å². The van der Waals surface area contributed by atoms with Crippen molar-refractivity contribution in [3.63, 3.8) is 0 Å². The Morgan fingerprint density at radius 3 is 2.19 bits per heavy atom. The number of hydrogen-bond donors (Lipinski definition) is 2. The summed E-state index contributed by atoms with van der Waals surface area (Å²) in [5.74, 6) is -2.60. The highest BCUT2D eigenvalue weighted by Gasteiger charge is 2.30. The predicted octanol–water partition coefficient (Wildman–Crippen LogP) is 1.07. The molecule has 3 N–H and O–H groups in total. The van der Waals surface area contributed by atoms with Gasteiger partial charge in [0.25, 0.3) is 10.1 Å². The molecule has 0 aliphatic rings. The number of rotatable bonds is 6. The van der Waals surface area contributed by atoms with Gasteiger partial charge in [0.2, 0.25) is 0 Å². The van der Waals surface area contributed by atoms with Crippen molar-refractivity contribution in [1.29, 1.82) is 0 Å². The lowest BCUT2D eigenvalue weighted by molar-refractivity contribution is 0.0527. The summed E-state index contributed by atoms with van der Waals surface area (Å²) in [5, 5.41) is -0.0739. The van der Waals surface area contributed by atoms with Crippen LogP contribution in [0.2, 0.25) is 0 Å². The molecule has 118 valence electrons. The van der Waals surface area contributed by atoms with Gasteiger partial charge in [-0.25, -0.2) is 9.59 Å². The largest absolute Gasteiger partial charge is 0.462 e. The van der Waals surface area contributed by atoms with Gasteiger partial charge in [0.15, 0.2) is 0 Å². The Morgan fingerprint density at radius 1 is 1.19 bits per heavy atom. The molecular weight excluding hydrogens is 322 g/mol. The molecule has 0 radical (unpaired) electrons. The standard InChI is InChI=1S/C11H15NO7S2/c1-3-18-10(13)7-6(5-21(15,16)17)8(20-9(7)12)11(14)19-4-2/h3-5,12H2,1-2H3,(H,15,16,17). The summed E-state index contributed by atoms with van der Waals surface area (Å²) in [6.45, 7) is 3.25. The normalized spacial score (nSPS) is 11.2. The first-order chi connectivity index (χ1) is 9.71. The summed E-state index contributed by atoms with van der Waals surface area (Å²) in [4.78, 5) is 23.5. The first-order valence-electron chi connectivity index (χ1n) is 5.91. The van der Waals surface area contributed by atoms with E-state index < -0.39 is 27.8 Å². The van der Waals surface area contributed by atoms with Crippen LogP contribution >= 0.6 is 11.3 Å². The maximum absolute atomic E-state index is 11.8. The highest BCUT2D eigenvalue weighted by molar-refractivity contribution is 7.85. The van der Waals surface area contributed by atoms with E-state index in [1.54, 1.807) is 13.8 Å². The third-order valence-corrected chi connectivity index (χ3v) is 4.00. The van der Waals surface area contributed by atoms with E-state index in [2.05, 4.69) is 0 Å². The lowest BCUT2D eigenvalue weighted by Gasteiger charge is -2.06. The van der Waals surface area contributed by atoms with E-state index in [9.17, 15) is 18.0 Å². The van der Waals surface area contributed by atoms with Crippen LogP contribution in [0.1, 0.15) is 39.4 Å². The number of nitrogens with two attached hydrogens (primary N) is 1. The Balaban J connectivity index is 3.42. The lowest BCUT2D eigenvalue weighted by atomic mass is 10.1. The molecule has 0 saturated heterocycles. The molecule has 1 rings (SSSR count). The van der Waals surface area contributed by atoms with E-state index in [4.69, 9.17) is 19.8 Å². The number of ether oxygens (including phenoxy) is 2. The SMILES string of the molecule is CCOC(=O)c1sc(N)c(C(=O)OCC)c1CS(=O)(=O)O. The minimum Gasteiger partial charge on any atom is -0.462 e. The van der Waals surface area contributed by atoms with Crippen molar-refractivity contribution < 1.29 is 32.0 Å². The van der Waals surface area contributed by atoms with Gasteiger partial charge in [0, 0.05) is 5.56 Å². The van der Waals surface area contributed by atoms with Gasteiger partial charge in [-0.05, 0) is 13.8 Å². The second-order valence-corrected chi connectivity index (χ2v) is 6.32. The van der Waals surface area contributed by atoms with Crippen LogP contribution in [0.15, 0.2) is 0 Å². The Labute approximate surface area is 125 Å². The smallest absolute Gasteiger partial charge is 0.348 e. The van der Waals surface area contributed by atoms with E-state index in [-0.39, 0.29) is 34.2 Å². The molecule has 8 nitrogen and oxygen atoms in total. The van der Waals surface area contributed by atoms with Gasteiger partial charge in [0.1, 0.15) is 15.6 Å². The summed E-state index contributed by atoms with van der Waals surface area (Å²) < 4.78 is 40.7. The third kappa shape index (κ3) is 4.41. The van der Waals surface area contributed by atoms with Gasteiger partial charge >= 0.3 is 11.9 Å². The van der Waals surface area contributed by atoms with E-state index in [0.29, 0.717) is 11.3 Å². The van der Waals surface area contributed by atoms with Crippen LogP contribution in [0.5, 0.6) is 0 Å². The number of esters is 2. The molecule has 0 spiro atoms. The van der Waals surface area contributed by atoms with Crippen LogP contribution < -0.4 is 5.73 Å². The summed E-state index contributed by atoms with van der Waals surface area (Å²) in [5.41, 5.74) is 5.21. The third-order valence-electron chi connectivity index (χ3n) is 2.30. The van der Waals surface area contributed by atoms with Gasteiger partial charge in [0.05, 0.1) is 18.8 Å². The fraction of sp³-hybridized carbons (Fsp3) is 0.455. The van der Waals surface area contributed by atoms with Crippen LogP contribution in [0.4, 0.5) is 5.00 Å². The second-order valence-electron chi connectivity index (χ2n) is 3.82. The number of hydrogen-bond acceptors (Lipinski definition) is 8. The highest BCUT2D eigenvalue weighted by Crippen LogP contribution is 2.33. The Bertz CT molecular complexity index is 648. The zero-order valence-electron chi connectivity index (χ0n) is 11.4. The molecule has 1 aromatic rings. The van der Waals surface area contributed by atoms with Crippen LogP contribution in [-0.2, 0) is 25.3 Å². The molecule has 0 unspecified atom stereocenters. The van der Waals surface area contributed by atoms with E-state index in [1.165, 1.54) is 0 Å². The van der Waals surface area contributed by atoms with Gasteiger partial charge < -0.3 is 15.2 Å². The minimum atomic E-state index is -4.47. The van der Waals surface area contributed by atoms with Crippen molar-refractivity contribution in [2.24, 2.45) is 0 Å². The highest BCUT2D eigenvalue weighted by atomic mass is 32.2. The molecule has 1 heterocycles. The quantitative estimate of drug-likeness (QED) is 0.582. The molecule has 21 heavy (non-hydrogen) atoms. The van der Waals surface area contributed by atoms with Crippen LogP contribution in [0.25, 0.3) is 0 Å². The summed E-state index contributed by atoms with van der Waals surface area (Å²) in [6.07, 6.45) is 0. The minimum absolute atomic E-state index is 0.0498. The zero-order chi connectivity index (χ0) is 16.2. The van der Waals surface area contributed by atoms with E-state index in [0.717, 1.165) is 0 Å². The van der Waals surface area contributed by atoms with Crippen molar-refractivity contribution in [3.05, 3.63) is 16.0 Å². The fourth-order valence-corrected chi connectivity index (χ4v) is 3.31. The molecule has 0 bridgehead atoms. The number of anilines is 1. The van der Waals surface area contributed by atoms with Crippen LogP contribution in [0.3, 0.4) is 0 Å². The van der Waals surface area contributed by atoms with Crippen molar-refractivity contribution in [2.45, 2.75) is 19.6 Å². The van der Waals surface area contributed by atoms with Gasteiger partial charge in [-0.3, -0.25) is 4.55 Å². The number of carbonyl (C=O) groups is 2. The summed E-state index contributed by atoms with van der Waals surface area (Å²) in [6, 6.07) is 0. The molecule has 1 aromatic heterocycles. The molecule has 0 fully saturated rings. The van der Waals surface area contributed by atoms with Gasteiger partial charge in [-0.1, -0.05) is 0 Å². The fourth-order valence-electron chi connectivity index (χ4n) is 1.59. The van der Waals surface area contributed by atoms with Gasteiger partial charge in [-0.2, -0.15) is 8.42 Å². The van der Waals surface area contributed by atoms with Crippen molar-refractivity contribution in [2.75, 3.05) is 18.9 Å². The van der Waals surface area contributed by atoms with Crippen molar-refractivity contribution in [3.8, 4) is 0 Å². The second kappa shape index (κ2) is 6.87. The average Bonchev–Trinajstić information content (AvgIpc) is 2.64. The molecular formula is C11H15NO7S2. The van der Waals surface area contributed by atoms with E-state index >= 15 is 0 Å². The molecule has 0 saturated carbocycles. The first-order valence-corrected chi connectivity index (χ1v) is 8.34.